The van der Waals surface area contributed by atoms with Gasteiger partial charge in [0.25, 0.3) is 0 Å². The van der Waals surface area contributed by atoms with Gasteiger partial charge in [0.2, 0.25) is 5.83 Å². The molecule has 2 nitrogen and oxygen atoms in total. The number of hydrogen-bond donors (Lipinski definition) is 0. The summed E-state index contributed by atoms with van der Waals surface area (Å²) in [5.41, 5.74) is -1.25. The van der Waals surface area contributed by atoms with E-state index in [0.29, 0.717) is 6.07 Å². The van der Waals surface area contributed by atoms with Crippen LogP contribution in [0.25, 0.3) is 0 Å². The molecule has 0 bridgehead atoms. The quantitative estimate of drug-likeness (QED) is 0.350. The number of ether oxygens (including phenoxy) is 1. The van der Waals surface area contributed by atoms with Crippen LogP contribution in [0, 0.1) is 0 Å². The zero-order chi connectivity index (χ0) is 14.1. The van der Waals surface area contributed by atoms with E-state index in [0.717, 1.165) is 6.07 Å². The molecule has 8 heteroatoms. The van der Waals surface area contributed by atoms with Crippen molar-refractivity contribution in [3.05, 3.63) is 40.1 Å². The first-order valence-electron chi connectivity index (χ1n) is 4.26. The topological polar surface area (TPSA) is 26.3 Å². The molecule has 0 fully saturated rings. The lowest BCUT2D eigenvalue weighted by atomic mass is 10.2. The molecule has 1 rings (SSSR count). The van der Waals surface area contributed by atoms with Crippen molar-refractivity contribution in [2.45, 2.75) is 6.18 Å². The highest BCUT2D eigenvalue weighted by atomic mass is 35.5. The summed E-state index contributed by atoms with van der Waals surface area (Å²) in [5, 5.41) is -1.28. The number of rotatable bonds is 2. The molecular weight excluding hydrogens is 299 g/mol. The minimum Gasteiger partial charge on any atom is -0.418 e. The zero-order valence-electron chi connectivity index (χ0n) is 8.45. The first kappa shape index (κ1) is 14.8. The lowest BCUT2D eigenvalue weighted by molar-refractivity contribution is -0.138. The third-order valence-electron chi connectivity index (χ3n) is 1.77. The van der Waals surface area contributed by atoms with E-state index >= 15 is 0 Å². The molecule has 0 unspecified atom stereocenters. The van der Waals surface area contributed by atoms with Crippen molar-refractivity contribution >= 4 is 29.2 Å². The third kappa shape index (κ3) is 3.14. The molecule has 0 amide bonds. The van der Waals surface area contributed by atoms with Crippen molar-refractivity contribution in [2.24, 2.45) is 0 Å². The number of benzene rings is 1. The van der Waals surface area contributed by atoms with Crippen molar-refractivity contribution in [1.29, 1.82) is 0 Å². The van der Waals surface area contributed by atoms with Gasteiger partial charge in [0.15, 0.2) is 5.75 Å². The lowest BCUT2D eigenvalue weighted by Crippen LogP contribution is -2.11. The van der Waals surface area contributed by atoms with Gasteiger partial charge in [0.1, 0.15) is 0 Å². The van der Waals surface area contributed by atoms with E-state index in [1.165, 1.54) is 0 Å². The van der Waals surface area contributed by atoms with Gasteiger partial charge >= 0.3 is 12.1 Å². The average Bonchev–Trinajstić information content (AvgIpc) is 2.21. The molecule has 1 aromatic rings. The second kappa shape index (κ2) is 5.16. The predicted molar refractivity (Wildman–Crippen MR) is 57.3 cm³/mol. The lowest BCUT2D eigenvalue weighted by Gasteiger charge is -2.13. The summed E-state index contributed by atoms with van der Waals surface area (Å²) < 4.78 is 54.2. The van der Waals surface area contributed by atoms with E-state index in [1.807, 2.05) is 0 Å². The highest BCUT2D eigenvalue weighted by Crippen LogP contribution is 2.42. The summed E-state index contributed by atoms with van der Waals surface area (Å²) in [5.74, 6) is -3.82. The summed E-state index contributed by atoms with van der Waals surface area (Å²) in [6.07, 6.45) is -4.75. The number of esters is 1. The van der Waals surface area contributed by atoms with Gasteiger partial charge in [-0.15, -0.1) is 0 Å². The van der Waals surface area contributed by atoms with Crippen LogP contribution >= 0.6 is 23.2 Å². The van der Waals surface area contributed by atoms with Crippen LogP contribution in [0.3, 0.4) is 0 Å². The molecule has 18 heavy (non-hydrogen) atoms. The Balaban J connectivity index is 3.27. The van der Waals surface area contributed by atoms with Crippen LogP contribution in [0.4, 0.5) is 17.6 Å². The van der Waals surface area contributed by atoms with E-state index in [9.17, 15) is 22.4 Å². The molecule has 0 saturated heterocycles. The Kier molecular flexibility index (Phi) is 4.24. The molecule has 0 heterocycles. The van der Waals surface area contributed by atoms with Gasteiger partial charge in [-0.25, -0.2) is 4.79 Å². The maximum Gasteiger partial charge on any atom is 0.417 e. The molecule has 0 saturated carbocycles. The Labute approximate surface area is 109 Å². The fourth-order valence-electron chi connectivity index (χ4n) is 0.993. The first-order valence-corrected chi connectivity index (χ1v) is 5.02. The van der Waals surface area contributed by atoms with Crippen LogP contribution in [0.5, 0.6) is 5.75 Å². The number of halogens is 6. The monoisotopic (exact) mass is 302 g/mol. The number of hydrogen-bond acceptors (Lipinski definition) is 2. The second-order valence-corrected chi connectivity index (χ2v) is 3.82. The molecule has 0 radical (unpaired) electrons. The molecule has 98 valence electrons. The Hall–Kier alpha value is -1.27. The van der Waals surface area contributed by atoms with Crippen molar-refractivity contribution in [2.75, 3.05) is 0 Å². The second-order valence-electron chi connectivity index (χ2n) is 3.03. The molecule has 0 aliphatic heterocycles. The highest BCUT2D eigenvalue weighted by Gasteiger charge is 2.35. The van der Waals surface area contributed by atoms with Crippen LogP contribution in [0.1, 0.15) is 5.56 Å². The molecule has 0 spiro atoms. The number of carbonyl (C=O) groups excluding carboxylic acids is 1. The van der Waals surface area contributed by atoms with Crippen LogP contribution in [0.15, 0.2) is 24.5 Å². The smallest absolute Gasteiger partial charge is 0.417 e. The number of alkyl halides is 3. The minimum absolute atomic E-state index is 0.359. The summed E-state index contributed by atoms with van der Waals surface area (Å²) >= 11 is 10.9. The molecule has 0 aliphatic carbocycles. The Morgan fingerprint density at radius 3 is 2.28 bits per heavy atom. The van der Waals surface area contributed by atoms with Gasteiger partial charge in [-0.3, -0.25) is 0 Å². The SMILES string of the molecule is C=C(F)C(=O)Oc1c(Cl)ccc(C(F)(F)F)c1Cl. The standard InChI is InChI=1S/C10H4Cl2F4O2/c1-4(13)9(17)18-8-6(11)3-2-5(7(8)12)10(14,15)16/h2-3H,1H2. The van der Waals surface area contributed by atoms with Crippen molar-refractivity contribution < 1.29 is 27.1 Å². The average molecular weight is 303 g/mol. The van der Waals surface area contributed by atoms with Gasteiger partial charge in [0, 0.05) is 0 Å². The van der Waals surface area contributed by atoms with Crippen molar-refractivity contribution in [3.8, 4) is 5.75 Å². The van der Waals surface area contributed by atoms with Gasteiger partial charge in [-0.05, 0) is 12.1 Å². The van der Waals surface area contributed by atoms with Crippen LogP contribution in [-0.4, -0.2) is 5.97 Å². The highest BCUT2D eigenvalue weighted by molar-refractivity contribution is 6.37. The fourth-order valence-corrected chi connectivity index (χ4v) is 1.55. The normalized spacial score (nSPS) is 11.2. The Bertz CT molecular complexity index is 511. The summed E-state index contributed by atoms with van der Waals surface area (Å²) in [6, 6.07) is 1.45. The third-order valence-corrected chi connectivity index (χ3v) is 2.44. The molecule has 0 aromatic heterocycles. The Morgan fingerprint density at radius 2 is 1.83 bits per heavy atom. The van der Waals surface area contributed by atoms with E-state index < -0.39 is 34.3 Å². The van der Waals surface area contributed by atoms with Crippen LogP contribution < -0.4 is 4.74 Å². The molecule has 0 atom stereocenters. The van der Waals surface area contributed by atoms with E-state index in [1.54, 1.807) is 0 Å². The summed E-state index contributed by atoms with van der Waals surface area (Å²) in [7, 11) is 0. The Morgan fingerprint density at radius 1 is 1.28 bits per heavy atom. The largest absolute Gasteiger partial charge is 0.418 e. The summed E-state index contributed by atoms with van der Waals surface area (Å²) in [6.45, 7) is 2.63. The number of carbonyl (C=O) groups is 1. The van der Waals surface area contributed by atoms with E-state index in [4.69, 9.17) is 23.2 Å². The van der Waals surface area contributed by atoms with Crippen molar-refractivity contribution in [3.63, 3.8) is 0 Å². The maximum atomic E-state index is 12.5. The van der Waals surface area contributed by atoms with Crippen LogP contribution in [-0.2, 0) is 11.0 Å². The first-order chi connectivity index (χ1) is 8.14. The summed E-state index contributed by atoms with van der Waals surface area (Å²) in [4.78, 5) is 10.9. The van der Waals surface area contributed by atoms with Gasteiger partial charge in [-0.2, -0.15) is 17.6 Å². The van der Waals surface area contributed by atoms with E-state index in [2.05, 4.69) is 11.3 Å². The van der Waals surface area contributed by atoms with Crippen LogP contribution in [0.2, 0.25) is 10.0 Å². The molecule has 1 aromatic carbocycles. The molecule has 0 N–H and O–H groups in total. The van der Waals surface area contributed by atoms with Gasteiger partial charge < -0.3 is 4.74 Å². The van der Waals surface area contributed by atoms with E-state index in [-0.39, 0.29) is 5.02 Å². The molecular formula is C10H4Cl2F4O2. The van der Waals surface area contributed by atoms with Crippen molar-refractivity contribution in [1.82, 2.24) is 0 Å². The molecule has 0 aliphatic rings. The minimum atomic E-state index is -4.75. The fraction of sp³-hybridized carbons (Fsp3) is 0.100. The van der Waals surface area contributed by atoms with Gasteiger partial charge in [0.05, 0.1) is 15.6 Å². The maximum absolute atomic E-state index is 12.5. The zero-order valence-corrected chi connectivity index (χ0v) is 9.96. The van der Waals surface area contributed by atoms with Gasteiger partial charge in [-0.1, -0.05) is 29.8 Å². The predicted octanol–water partition coefficient (Wildman–Crippen LogP) is 4.40.